The minimum absolute atomic E-state index is 0.222. The summed E-state index contributed by atoms with van der Waals surface area (Å²) >= 11 is 0. The maximum atomic E-state index is 12.7. The molecule has 0 fully saturated rings. The number of hydrogen-bond acceptors (Lipinski definition) is 6. The lowest BCUT2D eigenvalue weighted by Gasteiger charge is -2.15. The van der Waals surface area contributed by atoms with Gasteiger partial charge in [-0.15, -0.1) is 0 Å². The Morgan fingerprint density at radius 3 is 2.83 bits per heavy atom. The van der Waals surface area contributed by atoms with E-state index in [1.807, 2.05) is 29.8 Å². The van der Waals surface area contributed by atoms with Gasteiger partial charge in [0.05, 0.1) is 11.7 Å². The van der Waals surface area contributed by atoms with E-state index < -0.39 is 0 Å². The van der Waals surface area contributed by atoms with E-state index in [2.05, 4.69) is 24.9 Å². The van der Waals surface area contributed by atoms with E-state index in [-0.39, 0.29) is 17.1 Å². The van der Waals surface area contributed by atoms with Crippen LogP contribution in [0.15, 0.2) is 48.2 Å². The van der Waals surface area contributed by atoms with Gasteiger partial charge in [-0.25, -0.2) is 24.9 Å². The predicted molar refractivity (Wildman–Crippen MR) is 83.0 cm³/mol. The van der Waals surface area contributed by atoms with E-state index in [0.29, 0.717) is 17.8 Å². The van der Waals surface area contributed by atoms with Crippen LogP contribution in [0.4, 0.5) is 0 Å². The van der Waals surface area contributed by atoms with E-state index in [4.69, 9.17) is 0 Å². The Kier molecular flexibility index (Phi) is 3.07. The molecule has 0 aliphatic heterocycles. The minimum atomic E-state index is -0.233. The minimum Gasteiger partial charge on any atom is -0.291 e. The molecule has 8 nitrogen and oxygen atoms in total. The summed E-state index contributed by atoms with van der Waals surface area (Å²) in [6.07, 6.45) is 10.6. The molecule has 0 aliphatic rings. The normalized spacial score (nSPS) is 12.7. The second-order valence-electron chi connectivity index (χ2n) is 5.10. The third-order valence-corrected chi connectivity index (χ3v) is 3.74. The van der Waals surface area contributed by atoms with Gasteiger partial charge in [-0.2, -0.15) is 0 Å². The zero-order chi connectivity index (χ0) is 15.8. The fourth-order valence-corrected chi connectivity index (χ4v) is 2.65. The molecule has 0 radical (unpaired) electrons. The maximum absolute atomic E-state index is 12.7. The number of nitrogens with zero attached hydrogens (tertiary/aromatic N) is 7. The first-order valence-electron chi connectivity index (χ1n) is 7.25. The molecule has 23 heavy (non-hydrogen) atoms. The molecule has 0 N–H and O–H groups in total. The molecule has 0 saturated carbocycles. The first-order chi connectivity index (χ1) is 11.3. The highest BCUT2D eigenvalue weighted by atomic mass is 16.1. The standard InChI is InChI=1S/C15H13N7O/c1-2-11(10-8-21-7-3-4-18-15(21)20-10)22-9-19-13-12(14(22)23)16-5-6-17-13/h3-9,11H,2H2,1H3/t11-/m1/s1. The van der Waals surface area contributed by atoms with Gasteiger partial charge in [0.15, 0.2) is 11.2 Å². The monoisotopic (exact) mass is 307 g/mol. The Morgan fingerprint density at radius 2 is 2.00 bits per heavy atom. The summed E-state index contributed by atoms with van der Waals surface area (Å²) in [7, 11) is 0. The molecule has 4 heterocycles. The fourth-order valence-electron chi connectivity index (χ4n) is 2.65. The van der Waals surface area contributed by atoms with Crippen molar-refractivity contribution in [1.82, 2.24) is 33.9 Å². The zero-order valence-corrected chi connectivity index (χ0v) is 12.4. The topological polar surface area (TPSA) is 90.9 Å². The molecule has 1 atom stereocenters. The molecular weight excluding hydrogens is 294 g/mol. The number of fused-ring (bicyclic) bond motifs is 2. The highest BCUT2D eigenvalue weighted by Crippen LogP contribution is 2.19. The van der Waals surface area contributed by atoms with Crippen molar-refractivity contribution in [1.29, 1.82) is 0 Å². The van der Waals surface area contributed by atoms with Crippen molar-refractivity contribution < 1.29 is 0 Å². The van der Waals surface area contributed by atoms with Gasteiger partial charge in [-0.05, 0) is 12.5 Å². The molecule has 4 aromatic rings. The van der Waals surface area contributed by atoms with Crippen LogP contribution in [-0.2, 0) is 0 Å². The van der Waals surface area contributed by atoms with Crippen molar-refractivity contribution in [3.8, 4) is 0 Å². The lowest BCUT2D eigenvalue weighted by atomic mass is 10.1. The van der Waals surface area contributed by atoms with Crippen LogP contribution < -0.4 is 5.56 Å². The van der Waals surface area contributed by atoms with Crippen LogP contribution in [0.1, 0.15) is 25.1 Å². The maximum Gasteiger partial charge on any atom is 0.282 e. The lowest BCUT2D eigenvalue weighted by molar-refractivity contribution is 0.532. The third-order valence-electron chi connectivity index (χ3n) is 3.74. The Hall–Kier alpha value is -3.16. The average molecular weight is 307 g/mol. The molecular formula is C15H13N7O. The van der Waals surface area contributed by atoms with Crippen molar-refractivity contribution in [2.24, 2.45) is 0 Å². The molecule has 0 aromatic carbocycles. The van der Waals surface area contributed by atoms with E-state index in [1.165, 1.54) is 18.7 Å². The molecule has 0 aliphatic carbocycles. The Labute approximate surface area is 130 Å². The molecule has 4 rings (SSSR count). The smallest absolute Gasteiger partial charge is 0.282 e. The summed E-state index contributed by atoms with van der Waals surface area (Å²) in [5, 5.41) is 0. The molecule has 0 bridgehead atoms. The van der Waals surface area contributed by atoms with Crippen LogP contribution in [0.3, 0.4) is 0 Å². The van der Waals surface area contributed by atoms with Gasteiger partial charge in [0.1, 0.15) is 6.33 Å². The van der Waals surface area contributed by atoms with Gasteiger partial charge in [0, 0.05) is 31.0 Å². The molecule has 114 valence electrons. The second kappa shape index (κ2) is 5.24. The van der Waals surface area contributed by atoms with Crippen molar-refractivity contribution in [3.63, 3.8) is 0 Å². The first kappa shape index (κ1) is 13.5. The third kappa shape index (κ3) is 2.15. The second-order valence-corrected chi connectivity index (χ2v) is 5.10. The average Bonchev–Trinajstić information content (AvgIpc) is 3.01. The van der Waals surface area contributed by atoms with Gasteiger partial charge >= 0.3 is 0 Å². The number of imidazole rings is 1. The zero-order valence-electron chi connectivity index (χ0n) is 12.4. The van der Waals surface area contributed by atoms with E-state index in [1.54, 1.807) is 10.8 Å². The van der Waals surface area contributed by atoms with E-state index >= 15 is 0 Å². The van der Waals surface area contributed by atoms with Crippen LogP contribution in [0.2, 0.25) is 0 Å². The van der Waals surface area contributed by atoms with Crippen molar-refractivity contribution in [2.45, 2.75) is 19.4 Å². The highest BCUT2D eigenvalue weighted by molar-refractivity contribution is 5.67. The van der Waals surface area contributed by atoms with Gasteiger partial charge in [-0.1, -0.05) is 6.92 Å². The van der Waals surface area contributed by atoms with Gasteiger partial charge in [0.2, 0.25) is 5.78 Å². The fraction of sp³-hybridized carbons (Fsp3) is 0.200. The summed E-state index contributed by atoms with van der Waals surface area (Å²) < 4.78 is 3.39. The Balaban J connectivity index is 1.89. The van der Waals surface area contributed by atoms with Crippen LogP contribution in [0.25, 0.3) is 16.9 Å². The molecule has 8 heteroatoms. The molecule has 4 aromatic heterocycles. The predicted octanol–water partition coefficient (Wildman–Crippen LogP) is 1.23. The molecule has 0 spiro atoms. The van der Waals surface area contributed by atoms with Gasteiger partial charge in [0.25, 0.3) is 5.56 Å². The van der Waals surface area contributed by atoms with Crippen LogP contribution in [0, 0.1) is 0 Å². The van der Waals surface area contributed by atoms with E-state index in [9.17, 15) is 4.79 Å². The summed E-state index contributed by atoms with van der Waals surface area (Å²) in [5.74, 6) is 0.600. The molecule has 0 saturated heterocycles. The summed E-state index contributed by atoms with van der Waals surface area (Å²) in [6, 6.07) is 1.60. The first-order valence-corrected chi connectivity index (χ1v) is 7.25. The number of aromatic nitrogens is 7. The Morgan fingerprint density at radius 1 is 1.13 bits per heavy atom. The molecule has 0 amide bonds. The van der Waals surface area contributed by atoms with E-state index in [0.717, 1.165) is 5.69 Å². The quantitative estimate of drug-likeness (QED) is 0.565. The Bertz CT molecular complexity index is 1020. The van der Waals surface area contributed by atoms with Crippen molar-refractivity contribution >= 4 is 16.9 Å². The van der Waals surface area contributed by atoms with Crippen molar-refractivity contribution in [3.05, 3.63) is 59.4 Å². The van der Waals surface area contributed by atoms with Crippen LogP contribution in [0.5, 0.6) is 0 Å². The van der Waals surface area contributed by atoms with Crippen molar-refractivity contribution in [2.75, 3.05) is 0 Å². The van der Waals surface area contributed by atoms with Crippen LogP contribution >= 0.6 is 0 Å². The molecule has 0 unspecified atom stereocenters. The van der Waals surface area contributed by atoms with Gasteiger partial charge in [-0.3, -0.25) is 13.8 Å². The van der Waals surface area contributed by atoms with Crippen LogP contribution in [-0.4, -0.2) is 33.9 Å². The lowest BCUT2D eigenvalue weighted by Crippen LogP contribution is -2.26. The summed E-state index contributed by atoms with van der Waals surface area (Å²) in [5.41, 5.74) is 1.15. The SMILES string of the molecule is CC[C@H](c1cn2cccnc2n1)n1cnc2nccnc2c1=O. The largest absolute Gasteiger partial charge is 0.291 e. The summed E-state index contributed by atoms with van der Waals surface area (Å²) in [4.78, 5) is 33.8. The highest BCUT2D eigenvalue weighted by Gasteiger charge is 2.19. The summed E-state index contributed by atoms with van der Waals surface area (Å²) in [6.45, 7) is 2.00. The van der Waals surface area contributed by atoms with Gasteiger partial charge < -0.3 is 0 Å². The number of rotatable bonds is 3. The number of hydrogen-bond donors (Lipinski definition) is 0.